The lowest BCUT2D eigenvalue weighted by Crippen LogP contribution is -2.51. The van der Waals surface area contributed by atoms with E-state index in [2.05, 4.69) is 86.8 Å². The second-order valence-corrected chi connectivity index (χ2v) is 17.8. The van der Waals surface area contributed by atoms with Crippen molar-refractivity contribution in [2.75, 3.05) is 63.1 Å². The average Bonchev–Trinajstić information content (AvgIpc) is 3.80. The number of piperidine rings is 1. The van der Waals surface area contributed by atoms with Crippen LogP contribution >= 0.6 is 11.3 Å². The molecular formula is C47H45N13O3S. The van der Waals surface area contributed by atoms with Crippen LogP contribution < -0.4 is 27.1 Å². The van der Waals surface area contributed by atoms with E-state index in [1.807, 2.05) is 54.6 Å². The van der Waals surface area contributed by atoms with E-state index in [4.69, 9.17) is 19.7 Å². The number of aromatic nitrogens is 8. The number of nitrogens with zero attached hydrogens (tertiary/aromatic N) is 8. The highest BCUT2D eigenvalue weighted by Crippen LogP contribution is 2.44. The summed E-state index contributed by atoms with van der Waals surface area (Å²) in [5.41, 5.74) is 6.06. The van der Waals surface area contributed by atoms with Gasteiger partial charge in [-0.1, -0.05) is 54.6 Å². The second kappa shape index (κ2) is 17.1. The molecule has 16 nitrogen and oxygen atoms in total. The normalized spacial score (nSPS) is 17.1. The van der Waals surface area contributed by atoms with Gasteiger partial charge in [0, 0.05) is 70.9 Å². The van der Waals surface area contributed by atoms with Crippen LogP contribution in [0.1, 0.15) is 34.9 Å². The largest absolute Gasteiger partial charge is 0.380 e. The fourth-order valence-corrected chi connectivity index (χ4v) is 10.0. The first kappa shape index (κ1) is 40.0. The number of H-pyrrole nitrogens is 2. The number of thiophene rings is 1. The van der Waals surface area contributed by atoms with Gasteiger partial charge in [-0.15, -0.1) is 11.3 Å². The van der Waals surface area contributed by atoms with Crippen molar-refractivity contribution in [3.05, 3.63) is 139 Å². The first-order chi connectivity index (χ1) is 31.4. The van der Waals surface area contributed by atoms with Crippen molar-refractivity contribution < 1.29 is 4.74 Å². The predicted octanol–water partition coefficient (Wildman–Crippen LogP) is 6.23. The zero-order valence-corrected chi connectivity index (χ0v) is 35.7. The number of hydrogen-bond acceptors (Lipinski definition) is 15. The van der Waals surface area contributed by atoms with E-state index < -0.39 is 0 Å². The van der Waals surface area contributed by atoms with Crippen LogP contribution in [0.3, 0.4) is 0 Å². The molecule has 11 rings (SSSR count). The van der Waals surface area contributed by atoms with Crippen LogP contribution in [0.25, 0.3) is 44.6 Å². The third-order valence-corrected chi connectivity index (χ3v) is 13.6. The molecule has 3 saturated heterocycles. The van der Waals surface area contributed by atoms with Crippen LogP contribution in [0.4, 0.5) is 23.0 Å². The predicted molar refractivity (Wildman–Crippen MR) is 248 cm³/mol. The molecule has 8 aromatic rings. The van der Waals surface area contributed by atoms with Crippen molar-refractivity contribution in [1.29, 1.82) is 0 Å². The Bertz CT molecular complexity index is 3070. The maximum absolute atomic E-state index is 13.2. The Morgan fingerprint density at radius 3 is 1.89 bits per heavy atom. The number of anilines is 4. The molecular weight excluding hydrogens is 827 g/mol. The molecule has 0 saturated carbocycles. The number of ether oxygens (including phenoxy) is 1. The summed E-state index contributed by atoms with van der Waals surface area (Å²) in [5, 5.41) is 26.2. The molecule has 64 heavy (non-hydrogen) atoms. The van der Waals surface area contributed by atoms with Crippen molar-refractivity contribution in [1.82, 2.24) is 55.4 Å². The van der Waals surface area contributed by atoms with E-state index in [0.717, 1.165) is 105 Å². The molecule has 322 valence electrons. The third-order valence-electron chi connectivity index (χ3n) is 12.6. The van der Waals surface area contributed by atoms with Gasteiger partial charge in [0.15, 0.2) is 11.6 Å². The van der Waals surface area contributed by atoms with Crippen LogP contribution in [0, 0.1) is 5.41 Å². The summed E-state index contributed by atoms with van der Waals surface area (Å²) >= 11 is 1.67. The molecule has 0 aliphatic carbocycles. The molecule has 8 heterocycles. The SMILES string of the molecule is O=c1[nH]ncc2nc(-c3ccccc3)nc(Nc3ccc(C(c4cc(-c5nc(Nc6ccc(CN7CCNCC7)cc6)c6c(=O)[nH]ncc6n5)cs4)N4CCC5(CC4)COC5)cc3)c12. The molecule has 1 unspecified atom stereocenters. The van der Waals surface area contributed by atoms with E-state index in [1.54, 1.807) is 23.7 Å². The van der Waals surface area contributed by atoms with Crippen LogP contribution in [0.15, 0.2) is 112 Å². The fraction of sp³-hybridized carbons (Fsp3) is 0.277. The molecule has 1 spiro atoms. The number of piperazine rings is 1. The molecule has 3 aliphatic rings. The first-order valence-electron chi connectivity index (χ1n) is 21.6. The Hall–Kier alpha value is -6.76. The number of fused-ring (bicyclic) bond motifs is 2. The number of aromatic amines is 2. The van der Waals surface area contributed by atoms with E-state index in [0.29, 0.717) is 45.1 Å². The van der Waals surface area contributed by atoms with Gasteiger partial charge in [-0.2, -0.15) is 10.2 Å². The molecule has 0 radical (unpaired) electrons. The molecule has 0 amide bonds. The number of rotatable bonds is 11. The van der Waals surface area contributed by atoms with Crippen molar-refractivity contribution in [2.45, 2.75) is 25.4 Å². The van der Waals surface area contributed by atoms with Crippen molar-refractivity contribution in [3.8, 4) is 22.8 Å². The van der Waals surface area contributed by atoms with Gasteiger partial charge in [0.2, 0.25) is 0 Å². The zero-order valence-electron chi connectivity index (χ0n) is 34.9. The molecule has 0 bridgehead atoms. The monoisotopic (exact) mass is 871 g/mol. The Morgan fingerprint density at radius 1 is 0.703 bits per heavy atom. The molecule has 3 aliphatic heterocycles. The first-order valence-corrected chi connectivity index (χ1v) is 22.4. The van der Waals surface area contributed by atoms with Gasteiger partial charge < -0.3 is 20.7 Å². The van der Waals surface area contributed by atoms with E-state index in [9.17, 15) is 9.59 Å². The molecule has 3 aromatic carbocycles. The summed E-state index contributed by atoms with van der Waals surface area (Å²) in [4.78, 5) is 51.7. The smallest absolute Gasteiger partial charge is 0.277 e. The van der Waals surface area contributed by atoms with Crippen LogP contribution in [0.2, 0.25) is 0 Å². The Kier molecular flexibility index (Phi) is 10.7. The Balaban J connectivity index is 0.903. The van der Waals surface area contributed by atoms with Crippen molar-refractivity contribution >= 4 is 56.2 Å². The van der Waals surface area contributed by atoms with E-state index in [-0.39, 0.29) is 22.6 Å². The number of likely N-dealkylation sites (tertiary alicyclic amines) is 1. The summed E-state index contributed by atoms with van der Waals surface area (Å²) in [6.45, 7) is 8.45. The second-order valence-electron chi connectivity index (χ2n) is 16.8. The van der Waals surface area contributed by atoms with Crippen molar-refractivity contribution in [2.24, 2.45) is 5.41 Å². The third kappa shape index (κ3) is 8.03. The highest BCUT2D eigenvalue weighted by atomic mass is 32.1. The van der Waals surface area contributed by atoms with E-state index in [1.165, 1.54) is 5.56 Å². The maximum atomic E-state index is 13.2. The lowest BCUT2D eigenvalue weighted by Gasteiger charge is -2.49. The minimum absolute atomic E-state index is 0.0492. The molecule has 1 atom stereocenters. The Morgan fingerprint density at radius 2 is 1.30 bits per heavy atom. The molecule has 17 heteroatoms. The quantitative estimate of drug-likeness (QED) is 0.0982. The standard InChI is InChI=1S/C47H45N13O3S/c61-45-38-35(23-49-57-45)53-41(31-4-2-1-3-5-31)55-43(38)52-34-12-8-30(9-13-34)40(60-18-14-47(15-19-60)27-63-28-47)37-22-32(26-64-37)42-54-36-24-50-58-46(62)39(36)44(56-42)51-33-10-6-29(7-11-33)25-59-20-16-48-17-21-59/h1-13,22-24,26,40,48H,14-21,25,27-28H2,(H,57,61)(H,58,62)(H,51,54,56)(H,52,53,55). The number of nitrogens with one attached hydrogen (secondary N) is 5. The van der Waals surface area contributed by atoms with Gasteiger partial charge in [-0.05, 0) is 67.4 Å². The zero-order chi connectivity index (χ0) is 43.0. The summed E-state index contributed by atoms with van der Waals surface area (Å²) in [6.07, 6.45) is 5.25. The van der Waals surface area contributed by atoms with Gasteiger partial charge in [-0.3, -0.25) is 19.4 Å². The topological polar surface area (TPSA) is 195 Å². The van der Waals surface area contributed by atoms with Gasteiger partial charge >= 0.3 is 0 Å². The van der Waals surface area contributed by atoms with E-state index >= 15 is 0 Å². The maximum Gasteiger partial charge on any atom is 0.277 e. The lowest BCUT2D eigenvalue weighted by molar-refractivity contribution is -0.141. The average molecular weight is 872 g/mol. The summed E-state index contributed by atoms with van der Waals surface area (Å²) in [6, 6.07) is 28.4. The van der Waals surface area contributed by atoms with Gasteiger partial charge in [0.05, 0.1) is 31.6 Å². The number of benzene rings is 3. The lowest BCUT2D eigenvalue weighted by atomic mass is 9.76. The summed E-state index contributed by atoms with van der Waals surface area (Å²) in [7, 11) is 0. The Labute approximate surface area is 371 Å². The molecule has 5 N–H and O–H groups in total. The van der Waals surface area contributed by atoms with Gasteiger partial charge in [0.1, 0.15) is 33.4 Å². The molecule has 5 aromatic heterocycles. The highest BCUT2D eigenvalue weighted by Gasteiger charge is 2.43. The highest BCUT2D eigenvalue weighted by molar-refractivity contribution is 7.10. The number of hydrogen-bond donors (Lipinski definition) is 5. The van der Waals surface area contributed by atoms with Crippen LogP contribution in [-0.4, -0.2) is 103 Å². The summed E-state index contributed by atoms with van der Waals surface area (Å²) < 4.78 is 5.67. The van der Waals surface area contributed by atoms with Crippen molar-refractivity contribution in [3.63, 3.8) is 0 Å². The minimum Gasteiger partial charge on any atom is -0.380 e. The summed E-state index contributed by atoms with van der Waals surface area (Å²) in [5.74, 6) is 1.80. The minimum atomic E-state index is -0.374. The van der Waals surface area contributed by atoms with Crippen LogP contribution in [-0.2, 0) is 11.3 Å². The fourth-order valence-electron chi connectivity index (χ4n) is 8.98. The van der Waals surface area contributed by atoms with Gasteiger partial charge in [0.25, 0.3) is 11.1 Å². The van der Waals surface area contributed by atoms with Gasteiger partial charge in [-0.25, -0.2) is 30.1 Å². The molecule has 3 fully saturated rings. The van der Waals surface area contributed by atoms with Crippen LogP contribution in [0.5, 0.6) is 0 Å².